The van der Waals surface area contributed by atoms with Crippen LogP contribution in [0.3, 0.4) is 0 Å². The van der Waals surface area contributed by atoms with Crippen molar-refractivity contribution in [2.75, 3.05) is 11.9 Å². The zero-order chi connectivity index (χ0) is 23.7. The van der Waals surface area contributed by atoms with Crippen LogP contribution in [0, 0.1) is 0 Å². The maximum Gasteiger partial charge on any atom is 0.414 e. The summed E-state index contributed by atoms with van der Waals surface area (Å²) in [4.78, 5) is 28.8. The molecule has 3 rings (SSSR count). The van der Waals surface area contributed by atoms with Crippen LogP contribution in [-0.2, 0) is 16.2 Å². The number of carbonyl (C=O) groups is 1. The summed E-state index contributed by atoms with van der Waals surface area (Å²) in [6.45, 7) is 13.4. The number of rotatable bonds is 7. The fourth-order valence-corrected chi connectivity index (χ4v) is 4.87. The minimum atomic E-state index is -1.19. The number of hydrogen-bond acceptors (Lipinski definition) is 6. The highest BCUT2D eigenvalue weighted by Crippen LogP contribution is 2.34. The molecule has 3 aromatic rings. The van der Waals surface area contributed by atoms with E-state index < -0.39 is 19.8 Å². The van der Waals surface area contributed by atoms with E-state index >= 15 is 0 Å². The number of halogens is 2. The van der Waals surface area contributed by atoms with E-state index in [4.69, 9.17) is 9.47 Å². The molecule has 9 nitrogen and oxygen atoms in total. The standard InChI is InChI=1S/C20H28Br2N6O3Si/c1-20(2,3)31-19(29)27-18-24-12-7-8-23-14(13(12)25-18)15-16(21)26-17(22)28(15)11-30-9-10-32(4,5)6/h7-8H,9-11H2,1-6H3,(H2,24,25,27,29). The lowest BCUT2D eigenvalue weighted by Gasteiger charge is -2.18. The van der Waals surface area contributed by atoms with E-state index in [1.165, 1.54) is 0 Å². The molecule has 0 spiro atoms. The van der Waals surface area contributed by atoms with E-state index in [0.29, 0.717) is 33.9 Å². The van der Waals surface area contributed by atoms with Crippen LogP contribution in [0.15, 0.2) is 21.6 Å². The minimum Gasteiger partial charge on any atom is -0.444 e. The van der Waals surface area contributed by atoms with Crippen molar-refractivity contribution < 1.29 is 14.3 Å². The lowest BCUT2D eigenvalue weighted by Crippen LogP contribution is -2.27. The van der Waals surface area contributed by atoms with Gasteiger partial charge in [0.05, 0.1) is 5.52 Å². The molecule has 0 saturated carbocycles. The van der Waals surface area contributed by atoms with E-state index in [0.717, 1.165) is 17.3 Å². The smallest absolute Gasteiger partial charge is 0.414 e. The molecule has 0 unspecified atom stereocenters. The molecule has 2 N–H and O–H groups in total. The molecule has 0 aliphatic heterocycles. The highest BCUT2D eigenvalue weighted by Gasteiger charge is 2.23. The van der Waals surface area contributed by atoms with Crippen molar-refractivity contribution in [3.63, 3.8) is 0 Å². The van der Waals surface area contributed by atoms with Crippen molar-refractivity contribution in [3.05, 3.63) is 21.6 Å². The van der Waals surface area contributed by atoms with Gasteiger partial charge in [-0.05, 0) is 64.7 Å². The molecular weight excluding hydrogens is 560 g/mol. The van der Waals surface area contributed by atoms with Crippen LogP contribution in [0.2, 0.25) is 25.7 Å². The van der Waals surface area contributed by atoms with Crippen molar-refractivity contribution in [1.82, 2.24) is 24.5 Å². The van der Waals surface area contributed by atoms with Gasteiger partial charge in [0.1, 0.15) is 33.8 Å². The van der Waals surface area contributed by atoms with Crippen LogP contribution in [0.4, 0.5) is 10.7 Å². The highest BCUT2D eigenvalue weighted by molar-refractivity contribution is 9.11. The Balaban J connectivity index is 1.89. The largest absolute Gasteiger partial charge is 0.444 e. The fourth-order valence-electron chi connectivity index (χ4n) is 2.84. The number of anilines is 1. The summed E-state index contributed by atoms with van der Waals surface area (Å²) in [6.07, 6.45) is 1.09. The molecule has 0 aliphatic rings. The summed E-state index contributed by atoms with van der Waals surface area (Å²) in [7, 11) is -1.19. The van der Waals surface area contributed by atoms with E-state index in [2.05, 4.69) is 76.8 Å². The van der Waals surface area contributed by atoms with Gasteiger partial charge < -0.3 is 14.5 Å². The Bertz CT molecular complexity index is 1120. The molecule has 174 valence electrons. The Morgan fingerprint density at radius 1 is 1.25 bits per heavy atom. The van der Waals surface area contributed by atoms with Crippen molar-refractivity contribution in [2.24, 2.45) is 0 Å². The monoisotopic (exact) mass is 586 g/mol. The van der Waals surface area contributed by atoms with Gasteiger partial charge in [-0.3, -0.25) is 14.9 Å². The predicted molar refractivity (Wildman–Crippen MR) is 134 cm³/mol. The van der Waals surface area contributed by atoms with Crippen LogP contribution in [-0.4, -0.2) is 50.9 Å². The third kappa shape index (κ3) is 6.39. The van der Waals surface area contributed by atoms with Crippen LogP contribution in [0.1, 0.15) is 20.8 Å². The van der Waals surface area contributed by atoms with Gasteiger partial charge in [-0.25, -0.2) is 14.8 Å². The van der Waals surface area contributed by atoms with Crippen LogP contribution < -0.4 is 5.32 Å². The molecule has 0 saturated heterocycles. The van der Waals surface area contributed by atoms with Crippen molar-refractivity contribution in [1.29, 1.82) is 0 Å². The molecular formula is C20H28Br2N6O3Si. The maximum atomic E-state index is 12.1. The summed E-state index contributed by atoms with van der Waals surface area (Å²) < 4.78 is 14.4. The average molecular weight is 588 g/mol. The lowest BCUT2D eigenvalue weighted by molar-refractivity contribution is 0.0635. The van der Waals surface area contributed by atoms with Crippen molar-refractivity contribution >= 4 is 63.0 Å². The maximum absolute atomic E-state index is 12.1. The quantitative estimate of drug-likeness (QED) is 0.259. The molecule has 0 bridgehead atoms. The van der Waals surface area contributed by atoms with Gasteiger partial charge in [0, 0.05) is 20.9 Å². The molecule has 1 amide bonds. The summed E-state index contributed by atoms with van der Waals surface area (Å²) in [5.41, 5.74) is 2.04. The topological polar surface area (TPSA) is 107 Å². The molecule has 0 aromatic carbocycles. The number of pyridine rings is 1. The Labute approximate surface area is 205 Å². The summed E-state index contributed by atoms with van der Waals surface area (Å²) in [6, 6.07) is 2.86. The van der Waals surface area contributed by atoms with E-state index in [1.807, 2.05) is 4.57 Å². The highest BCUT2D eigenvalue weighted by atomic mass is 79.9. The molecule has 0 fully saturated rings. The number of nitrogens with one attached hydrogen (secondary N) is 2. The first-order valence-electron chi connectivity index (χ1n) is 10.2. The van der Waals surface area contributed by atoms with Crippen LogP contribution >= 0.6 is 31.9 Å². The van der Waals surface area contributed by atoms with Crippen molar-refractivity contribution in [2.45, 2.75) is 58.8 Å². The Hall–Kier alpha value is -1.76. The number of fused-ring (bicyclic) bond motifs is 1. The lowest BCUT2D eigenvalue weighted by atomic mass is 10.2. The van der Waals surface area contributed by atoms with Crippen LogP contribution in [0.25, 0.3) is 22.4 Å². The van der Waals surface area contributed by atoms with E-state index in [1.54, 1.807) is 33.0 Å². The first kappa shape index (κ1) is 24.9. The number of carbonyl (C=O) groups excluding carboxylic acids is 1. The summed E-state index contributed by atoms with van der Waals surface area (Å²) in [5, 5.41) is 2.64. The second kappa shape index (κ2) is 9.62. The molecule has 0 radical (unpaired) electrons. The first-order chi connectivity index (χ1) is 14.8. The fraction of sp³-hybridized carbons (Fsp3) is 0.500. The number of ether oxygens (including phenoxy) is 2. The zero-order valence-corrected chi connectivity index (χ0v) is 23.2. The number of imidazole rings is 2. The second-order valence-electron chi connectivity index (χ2n) is 9.56. The van der Waals surface area contributed by atoms with Gasteiger partial charge in [-0.1, -0.05) is 19.6 Å². The number of hydrogen-bond donors (Lipinski definition) is 2. The van der Waals surface area contributed by atoms with Gasteiger partial charge in [0.2, 0.25) is 5.95 Å². The molecule has 3 aromatic heterocycles. The Kier molecular flexibility index (Phi) is 7.47. The van der Waals surface area contributed by atoms with Gasteiger partial charge in [-0.2, -0.15) is 0 Å². The number of nitrogens with zero attached hydrogens (tertiary/aromatic N) is 4. The predicted octanol–water partition coefficient (Wildman–Crippen LogP) is 6.01. The molecule has 3 heterocycles. The molecule has 12 heteroatoms. The van der Waals surface area contributed by atoms with Gasteiger partial charge >= 0.3 is 6.09 Å². The SMILES string of the molecule is CC(C)(C)OC(=O)Nc1nc2c(-c3c(Br)nc(Br)n3COCC[Si](C)(C)C)nccc2[nH]1. The van der Waals surface area contributed by atoms with Crippen molar-refractivity contribution in [3.8, 4) is 11.4 Å². The van der Waals surface area contributed by atoms with Gasteiger partial charge in [-0.15, -0.1) is 0 Å². The Morgan fingerprint density at radius 3 is 2.62 bits per heavy atom. The third-order valence-electron chi connectivity index (χ3n) is 4.34. The number of aromatic nitrogens is 5. The Morgan fingerprint density at radius 2 is 1.97 bits per heavy atom. The number of aromatic amines is 1. The third-order valence-corrected chi connectivity index (χ3v) is 7.20. The number of H-pyrrole nitrogens is 1. The van der Waals surface area contributed by atoms with Crippen LogP contribution in [0.5, 0.6) is 0 Å². The normalized spacial score (nSPS) is 12.4. The first-order valence-corrected chi connectivity index (χ1v) is 15.5. The average Bonchev–Trinajstić information content (AvgIpc) is 3.15. The van der Waals surface area contributed by atoms with Gasteiger partial charge in [0.15, 0.2) is 4.73 Å². The summed E-state index contributed by atoms with van der Waals surface area (Å²) in [5.74, 6) is 0.274. The number of amides is 1. The van der Waals surface area contributed by atoms with E-state index in [9.17, 15) is 4.79 Å². The second-order valence-corrected chi connectivity index (χ2v) is 16.6. The zero-order valence-electron chi connectivity index (χ0n) is 19.0. The van der Waals surface area contributed by atoms with E-state index in [-0.39, 0.29) is 5.95 Å². The molecule has 0 atom stereocenters. The minimum absolute atomic E-state index is 0.274. The molecule has 0 aliphatic carbocycles. The van der Waals surface area contributed by atoms with Gasteiger partial charge in [0.25, 0.3) is 0 Å². The summed E-state index contributed by atoms with van der Waals surface area (Å²) >= 11 is 7.04. The molecule has 32 heavy (non-hydrogen) atoms.